The summed E-state index contributed by atoms with van der Waals surface area (Å²) in [4.78, 5) is 0. The van der Waals surface area contributed by atoms with Crippen LogP contribution in [0.5, 0.6) is 0 Å². The highest BCUT2D eigenvalue weighted by molar-refractivity contribution is 5.23. The van der Waals surface area contributed by atoms with E-state index in [9.17, 15) is 8.78 Å². The van der Waals surface area contributed by atoms with Crippen LogP contribution in [-0.4, -0.2) is 16.2 Å². The van der Waals surface area contributed by atoms with Gasteiger partial charge in [-0.25, -0.2) is 8.78 Å². The van der Waals surface area contributed by atoms with Crippen molar-refractivity contribution in [2.75, 3.05) is 5.73 Å². The monoisotopic (exact) mass is 147 g/mol. The second-order valence-electron chi connectivity index (χ2n) is 1.85. The maximum atomic E-state index is 11.6. The van der Waals surface area contributed by atoms with E-state index in [0.29, 0.717) is 0 Å². The van der Waals surface area contributed by atoms with E-state index in [4.69, 9.17) is 5.73 Å². The smallest absolute Gasteiger partial charge is 0.257 e. The number of aromatic nitrogens is 2. The third kappa shape index (κ3) is 1.68. The fourth-order valence-electron chi connectivity index (χ4n) is 0.620. The van der Waals surface area contributed by atoms with Crippen LogP contribution in [0, 0.1) is 0 Å². The number of anilines is 1. The van der Waals surface area contributed by atoms with Crippen LogP contribution in [-0.2, 0) is 6.54 Å². The van der Waals surface area contributed by atoms with Crippen LogP contribution in [0.2, 0.25) is 0 Å². The van der Waals surface area contributed by atoms with Crippen LogP contribution in [0.4, 0.5) is 14.6 Å². The van der Waals surface area contributed by atoms with E-state index in [1.807, 2.05) is 0 Å². The van der Waals surface area contributed by atoms with Crippen molar-refractivity contribution in [2.24, 2.45) is 0 Å². The SMILES string of the molecule is Nc1ccn(CC(F)F)n1. The minimum Gasteiger partial charge on any atom is -0.382 e. The molecule has 2 N–H and O–H groups in total. The largest absolute Gasteiger partial charge is 0.382 e. The van der Waals surface area contributed by atoms with Gasteiger partial charge in [0.25, 0.3) is 6.43 Å². The highest BCUT2D eigenvalue weighted by atomic mass is 19.3. The Hall–Kier alpha value is -1.13. The molecule has 0 aromatic carbocycles. The van der Waals surface area contributed by atoms with E-state index < -0.39 is 13.0 Å². The number of hydrogen-bond donors (Lipinski definition) is 1. The lowest BCUT2D eigenvalue weighted by atomic mass is 10.6. The van der Waals surface area contributed by atoms with Crippen molar-refractivity contribution in [3.63, 3.8) is 0 Å². The molecule has 1 aromatic heterocycles. The van der Waals surface area contributed by atoms with Crippen LogP contribution in [0.1, 0.15) is 0 Å². The van der Waals surface area contributed by atoms with Crippen LogP contribution < -0.4 is 5.73 Å². The standard InChI is InChI=1S/C5H7F2N3/c6-4(7)3-10-2-1-5(8)9-10/h1-2,4H,3H2,(H2,8,9). The molecule has 10 heavy (non-hydrogen) atoms. The summed E-state index contributed by atoms with van der Waals surface area (Å²) in [5, 5.41) is 3.57. The van der Waals surface area contributed by atoms with Gasteiger partial charge in [0.15, 0.2) is 0 Å². The van der Waals surface area contributed by atoms with Gasteiger partial charge >= 0.3 is 0 Å². The summed E-state index contributed by atoms with van der Waals surface area (Å²) in [5.41, 5.74) is 5.18. The minimum absolute atomic E-state index is 0.264. The molecule has 0 saturated heterocycles. The van der Waals surface area contributed by atoms with E-state index in [1.165, 1.54) is 12.3 Å². The zero-order chi connectivity index (χ0) is 7.56. The van der Waals surface area contributed by atoms with E-state index in [2.05, 4.69) is 5.10 Å². The lowest BCUT2D eigenvalue weighted by Crippen LogP contribution is -2.07. The number of nitrogen functional groups attached to an aromatic ring is 1. The summed E-state index contributed by atoms with van der Waals surface area (Å²) >= 11 is 0. The molecule has 0 amide bonds. The molecule has 0 unspecified atom stereocenters. The van der Waals surface area contributed by atoms with Crippen molar-refractivity contribution in [3.05, 3.63) is 12.3 Å². The van der Waals surface area contributed by atoms with Gasteiger partial charge < -0.3 is 5.73 Å². The number of halogens is 2. The summed E-state index contributed by atoms with van der Waals surface area (Å²) in [5.74, 6) is 0.264. The van der Waals surface area contributed by atoms with Gasteiger partial charge in [0.2, 0.25) is 0 Å². The zero-order valence-electron chi connectivity index (χ0n) is 5.17. The molecule has 0 aliphatic heterocycles. The predicted octanol–water partition coefficient (Wildman–Crippen LogP) is 0.730. The molecular weight excluding hydrogens is 140 g/mol. The summed E-state index contributed by atoms with van der Waals surface area (Å²) in [6.07, 6.45) is -0.957. The Balaban J connectivity index is 2.58. The third-order valence-electron chi connectivity index (χ3n) is 0.986. The zero-order valence-corrected chi connectivity index (χ0v) is 5.17. The maximum Gasteiger partial charge on any atom is 0.257 e. The first-order valence-corrected chi connectivity index (χ1v) is 2.75. The van der Waals surface area contributed by atoms with Crippen molar-refractivity contribution in [2.45, 2.75) is 13.0 Å². The normalized spacial score (nSPS) is 10.7. The van der Waals surface area contributed by atoms with E-state index in [-0.39, 0.29) is 5.82 Å². The van der Waals surface area contributed by atoms with Crippen LogP contribution in [0.3, 0.4) is 0 Å². The summed E-state index contributed by atoms with van der Waals surface area (Å²) in [6.45, 7) is -0.392. The molecule has 0 aliphatic carbocycles. The van der Waals surface area contributed by atoms with E-state index in [1.54, 1.807) is 0 Å². The second kappa shape index (κ2) is 2.64. The summed E-state index contributed by atoms with van der Waals surface area (Å²) in [6, 6.07) is 1.47. The highest BCUT2D eigenvalue weighted by Crippen LogP contribution is 2.00. The Morgan fingerprint density at radius 3 is 2.80 bits per heavy atom. The molecular formula is C5H7F2N3. The molecule has 0 bridgehead atoms. The van der Waals surface area contributed by atoms with Gasteiger partial charge in [-0.3, -0.25) is 4.68 Å². The van der Waals surface area contributed by atoms with Gasteiger partial charge in [-0.15, -0.1) is 0 Å². The van der Waals surface area contributed by atoms with Gasteiger partial charge in [-0.1, -0.05) is 0 Å². The molecule has 3 nitrogen and oxygen atoms in total. The highest BCUT2D eigenvalue weighted by Gasteiger charge is 2.03. The molecule has 0 atom stereocenters. The summed E-state index contributed by atoms with van der Waals surface area (Å²) < 4.78 is 24.4. The van der Waals surface area contributed by atoms with Crippen molar-refractivity contribution in [3.8, 4) is 0 Å². The Morgan fingerprint density at radius 2 is 2.40 bits per heavy atom. The average molecular weight is 147 g/mol. The molecule has 1 rings (SSSR count). The van der Waals surface area contributed by atoms with Crippen molar-refractivity contribution >= 4 is 5.82 Å². The molecule has 0 fully saturated rings. The van der Waals surface area contributed by atoms with Crippen molar-refractivity contribution in [1.29, 1.82) is 0 Å². The molecule has 0 aliphatic rings. The Bertz CT molecular complexity index is 208. The van der Waals surface area contributed by atoms with Crippen LogP contribution in [0.25, 0.3) is 0 Å². The van der Waals surface area contributed by atoms with Gasteiger partial charge in [0.1, 0.15) is 12.4 Å². The minimum atomic E-state index is -2.38. The predicted molar refractivity (Wildman–Crippen MR) is 32.6 cm³/mol. The molecule has 0 radical (unpaired) electrons. The fourth-order valence-corrected chi connectivity index (χ4v) is 0.620. The average Bonchev–Trinajstić information content (AvgIpc) is 2.13. The number of alkyl halides is 2. The quantitative estimate of drug-likeness (QED) is 0.670. The molecule has 0 spiro atoms. The lowest BCUT2D eigenvalue weighted by molar-refractivity contribution is 0.122. The maximum absolute atomic E-state index is 11.6. The molecule has 5 heteroatoms. The first-order valence-electron chi connectivity index (χ1n) is 2.75. The number of nitrogens with zero attached hydrogens (tertiary/aromatic N) is 2. The van der Waals surface area contributed by atoms with E-state index >= 15 is 0 Å². The molecule has 1 aromatic rings. The number of rotatable bonds is 2. The van der Waals surface area contributed by atoms with Gasteiger partial charge in [0, 0.05) is 6.20 Å². The molecule has 0 saturated carbocycles. The van der Waals surface area contributed by atoms with Crippen molar-refractivity contribution in [1.82, 2.24) is 9.78 Å². The Morgan fingerprint density at radius 1 is 1.70 bits per heavy atom. The Labute approximate surface area is 56.4 Å². The van der Waals surface area contributed by atoms with Crippen molar-refractivity contribution < 1.29 is 8.78 Å². The van der Waals surface area contributed by atoms with Crippen LogP contribution in [0.15, 0.2) is 12.3 Å². The summed E-state index contributed by atoms with van der Waals surface area (Å²) in [7, 11) is 0. The molecule has 56 valence electrons. The second-order valence-corrected chi connectivity index (χ2v) is 1.85. The Kier molecular flexibility index (Phi) is 1.84. The van der Waals surface area contributed by atoms with E-state index in [0.717, 1.165) is 4.68 Å². The topological polar surface area (TPSA) is 43.8 Å². The molecule has 1 heterocycles. The third-order valence-corrected chi connectivity index (χ3v) is 0.986. The number of hydrogen-bond acceptors (Lipinski definition) is 2. The first-order chi connectivity index (χ1) is 4.68. The van der Waals surface area contributed by atoms with Gasteiger partial charge in [-0.05, 0) is 6.07 Å². The first kappa shape index (κ1) is 6.98. The van der Waals surface area contributed by atoms with Gasteiger partial charge in [0.05, 0.1) is 0 Å². The fraction of sp³-hybridized carbons (Fsp3) is 0.400. The van der Waals surface area contributed by atoms with Crippen LogP contribution >= 0.6 is 0 Å². The van der Waals surface area contributed by atoms with Gasteiger partial charge in [-0.2, -0.15) is 5.10 Å². The lowest BCUT2D eigenvalue weighted by Gasteiger charge is -1.96. The number of nitrogens with two attached hydrogens (primary N) is 1.